The molecular formula is C13H11FN4. The molecule has 0 aliphatic heterocycles. The van der Waals surface area contributed by atoms with E-state index in [1.165, 1.54) is 12.1 Å². The fourth-order valence-corrected chi connectivity index (χ4v) is 1.98. The highest BCUT2D eigenvalue weighted by Gasteiger charge is 2.10. The molecule has 2 heterocycles. The van der Waals surface area contributed by atoms with Gasteiger partial charge in [-0.05, 0) is 42.8 Å². The molecule has 0 amide bonds. The number of nitrogens with two attached hydrogens (primary N) is 1. The van der Waals surface area contributed by atoms with Crippen LogP contribution in [0.4, 0.5) is 10.1 Å². The second kappa shape index (κ2) is 3.80. The average Bonchev–Trinajstić information content (AvgIpc) is 2.74. The number of anilines is 1. The average molecular weight is 242 g/mol. The number of rotatable bonds is 1. The summed E-state index contributed by atoms with van der Waals surface area (Å²) in [6, 6.07) is 7.98. The van der Waals surface area contributed by atoms with Crippen molar-refractivity contribution in [1.29, 1.82) is 0 Å². The number of aromatic nitrogens is 3. The predicted octanol–water partition coefficient (Wildman–Crippen LogP) is 2.43. The van der Waals surface area contributed by atoms with Crippen LogP contribution in [0.25, 0.3) is 17.0 Å². The first-order valence-corrected chi connectivity index (χ1v) is 5.52. The van der Waals surface area contributed by atoms with Gasteiger partial charge in [-0.3, -0.25) is 4.40 Å². The zero-order valence-corrected chi connectivity index (χ0v) is 9.76. The van der Waals surface area contributed by atoms with Crippen LogP contribution in [0.15, 0.2) is 36.5 Å². The number of aryl methyl sites for hydroxylation is 1. The number of nitrogens with zero attached hydrogens (tertiary/aromatic N) is 3. The number of hydrogen-bond acceptors (Lipinski definition) is 3. The first kappa shape index (κ1) is 10.7. The fraction of sp³-hybridized carbons (Fsp3) is 0.0769. The van der Waals surface area contributed by atoms with Gasteiger partial charge in [0.2, 0.25) is 0 Å². The molecule has 0 saturated heterocycles. The quantitative estimate of drug-likeness (QED) is 0.713. The molecule has 0 atom stereocenters. The number of halogens is 1. The minimum atomic E-state index is -0.275. The smallest absolute Gasteiger partial charge is 0.168 e. The lowest BCUT2D eigenvalue weighted by molar-refractivity contribution is 0.628. The fourth-order valence-electron chi connectivity index (χ4n) is 1.98. The Labute approximate surface area is 103 Å². The zero-order chi connectivity index (χ0) is 12.7. The van der Waals surface area contributed by atoms with E-state index in [9.17, 15) is 4.39 Å². The van der Waals surface area contributed by atoms with E-state index in [0.29, 0.717) is 11.5 Å². The van der Waals surface area contributed by atoms with Gasteiger partial charge in [0.15, 0.2) is 11.5 Å². The Balaban J connectivity index is 2.27. The van der Waals surface area contributed by atoms with Crippen molar-refractivity contribution in [2.75, 3.05) is 5.73 Å². The third kappa shape index (κ3) is 1.60. The van der Waals surface area contributed by atoms with Gasteiger partial charge < -0.3 is 5.73 Å². The van der Waals surface area contributed by atoms with Gasteiger partial charge in [-0.2, -0.15) is 0 Å². The van der Waals surface area contributed by atoms with E-state index in [1.54, 1.807) is 18.3 Å². The summed E-state index contributed by atoms with van der Waals surface area (Å²) in [7, 11) is 0. The van der Waals surface area contributed by atoms with Crippen LogP contribution in [-0.4, -0.2) is 14.6 Å². The molecule has 3 aromatic rings. The number of pyridine rings is 1. The molecule has 2 aromatic heterocycles. The van der Waals surface area contributed by atoms with Gasteiger partial charge in [0.25, 0.3) is 0 Å². The van der Waals surface area contributed by atoms with Crippen molar-refractivity contribution in [1.82, 2.24) is 14.6 Å². The van der Waals surface area contributed by atoms with Gasteiger partial charge in [0, 0.05) is 17.4 Å². The van der Waals surface area contributed by atoms with Crippen LogP contribution in [0.3, 0.4) is 0 Å². The summed E-state index contributed by atoms with van der Waals surface area (Å²) in [5, 5.41) is 8.25. The summed E-state index contributed by atoms with van der Waals surface area (Å²) in [6.07, 6.45) is 1.76. The molecule has 90 valence electrons. The molecule has 1 aromatic carbocycles. The Morgan fingerprint density at radius 1 is 1.17 bits per heavy atom. The summed E-state index contributed by atoms with van der Waals surface area (Å²) in [5.41, 5.74) is 8.97. The van der Waals surface area contributed by atoms with Crippen molar-refractivity contribution in [3.8, 4) is 11.4 Å². The highest BCUT2D eigenvalue weighted by Crippen LogP contribution is 2.21. The van der Waals surface area contributed by atoms with Gasteiger partial charge in [0.1, 0.15) is 5.82 Å². The number of fused-ring (bicyclic) bond motifs is 1. The zero-order valence-electron chi connectivity index (χ0n) is 9.76. The second-order valence-electron chi connectivity index (χ2n) is 4.18. The number of nitrogen functional groups attached to an aromatic ring is 1. The summed E-state index contributed by atoms with van der Waals surface area (Å²) in [6.45, 7) is 1.93. The van der Waals surface area contributed by atoms with Crippen LogP contribution in [0.5, 0.6) is 0 Å². The molecule has 5 heteroatoms. The van der Waals surface area contributed by atoms with E-state index in [-0.39, 0.29) is 5.82 Å². The largest absolute Gasteiger partial charge is 0.398 e. The van der Waals surface area contributed by atoms with Gasteiger partial charge in [0.05, 0.1) is 0 Å². The molecule has 3 rings (SSSR count). The van der Waals surface area contributed by atoms with Crippen LogP contribution in [-0.2, 0) is 0 Å². The van der Waals surface area contributed by atoms with Crippen molar-refractivity contribution in [2.24, 2.45) is 0 Å². The standard InChI is InChI=1S/C13H11FN4/c1-8-6-11(15)7-18-12(8)16-17-13(18)9-2-4-10(14)5-3-9/h2-7H,15H2,1H3. The Morgan fingerprint density at radius 3 is 2.61 bits per heavy atom. The maximum atomic E-state index is 12.9. The lowest BCUT2D eigenvalue weighted by Crippen LogP contribution is -1.95. The molecule has 4 nitrogen and oxygen atoms in total. The van der Waals surface area contributed by atoms with Crippen molar-refractivity contribution >= 4 is 11.3 Å². The molecular weight excluding hydrogens is 231 g/mol. The molecule has 0 spiro atoms. The molecule has 0 aliphatic carbocycles. The van der Waals surface area contributed by atoms with E-state index in [1.807, 2.05) is 17.4 Å². The second-order valence-corrected chi connectivity index (χ2v) is 4.18. The van der Waals surface area contributed by atoms with E-state index in [4.69, 9.17) is 5.73 Å². The SMILES string of the molecule is Cc1cc(N)cn2c(-c3ccc(F)cc3)nnc12. The van der Waals surface area contributed by atoms with E-state index < -0.39 is 0 Å². The molecule has 0 bridgehead atoms. The van der Waals surface area contributed by atoms with E-state index in [2.05, 4.69) is 10.2 Å². The molecule has 0 radical (unpaired) electrons. The molecule has 0 saturated carbocycles. The Morgan fingerprint density at radius 2 is 1.89 bits per heavy atom. The predicted molar refractivity (Wildman–Crippen MR) is 67.5 cm³/mol. The number of hydrogen-bond donors (Lipinski definition) is 1. The first-order chi connectivity index (χ1) is 8.65. The van der Waals surface area contributed by atoms with Gasteiger partial charge in [-0.25, -0.2) is 4.39 Å². The highest BCUT2D eigenvalue weighted by atomic mass is 19.1. The van der Waals surface area contributed by atoms with Crippen molar-refractivity contribution < 1.29 is 4.39 Å². The van der Waals surface area contributed by atoms with Gasteiger partial charge in [-0.1, -0.05) is 0 Å². The third-order valence-electron chi connectivity index (χ3n) is 2.81. The lowest BCUT2D eigenvalue weighted by Gasteiger charge is -2.03. The Bertz CT molecular complexity index is 716. The van der Waals surface area contributed by atoms with E-state index in [0.717, 1.165) is 16.8 Å². The Kier molecular flexibility index (Phi) is 2.26. The summed E-state index contributed by atoms with van der Waals surface area (Å²) in [5.74, 6) is 0.378. The van der Waals surface area contributed by atoms with Crippen molar-refractivity contribution in [3.05, 3.63) is 47.9 Å². The van der Waals surface area contributed by atoms with Crippen LogP contribution in [0, 0.1) is 12.7 Å². The lowest BCUT2D eigenvalue weighted by atomic mass is 10.2. The van der Waals surface area contributed by atoms with Crippen LogP contribution in [0.1, 0.15) is 5.56 Å². The molecule has 0 fully saturated rings. The summed E-state index contributed by atoms with van der Waals surface area (Å²) >= 11 is 0. The normalized spacial score (nSPS) is 11.0. The summed E-state index contributed by atoms with van der Waals surface area (Å²) in [4.78, 5) is 0. The van der Waals surface area contributed by atoms with Crippen molar-refractivity contribution in [2.45, 2.75) is 6.92 Å². The molecule has 18 heavy (non-hydrogen) atoms. The minimum Gasteiger partial charge on any atom is -0.398 e. The van der Waals surface area contributed by atoms with Crippen LogP contribution in [0.2, 0.25) is 0 Å². The van der Waals surface area contributed by atoms with E-state index >= 15 is 0 Å². The first-order valence-electron chi connectivity index (χ1n) is 5.52. The third-order valence-corrected chi connectivity index (χ3v) is 2.81. The molecule has 0 unspecified atom stereocenters. The summed E-state index contributed by atoms with van der Waals surface area (Å²) < 4.78 is 14.7. The monoisotopic (exact) mass is 242 g/mol. The van der Waals surface area contributed by atoms with Crippen molar-refractivity contribution in [3.63, 3.8) is 0 Å². The molecule has 2 N–H and O–H groups in total. The van der Waals surface area contributed by atoms with Crippen LogP contribution >= 0.6 is 0 Å². The minimum absolute atomic E-state index is 0.275. The number of benzene rings is 1. The molecule has 0 aliphatic rings. The maximum Gasteiger partial charge on any atom is 0.168 e. The topological polar surface area (TPSA) is 56.2 Å². The van der Waals surface area contributed by atoms with Gasteiger partial charge >= 0.3 is 0 Å². The van der Waals surface area contributed by atoms with Crippen LogP contribution < -0.4 is 5.73 Å². The van der Waals surface area contributed by atoms with Gasteiger partial charge in [-0.15, -0.1) is 10.2 Å². The Hall–Kier alpha value is -2.43. The highest BCUT2D eigenvalue weighted by molar-refractivity contribution is 5.63. The maximum absolute atomic E-state index is 12.9.